The Hall–Kier alpha value is -3.02. The second-order valence-corrected chi connectivity index (χ2v) is 10.7. The van der Waals surface area contributed by atoms with Gasteiger partial charge in [-0.1, -0.05) is 19.1 Å². The zero-order valence-electron chi connectivity index (χ0n) is 21.8. The van der Waals surface area contributed by atoms with Crippen LogP contribution in [0.4, 0.5) is 0 Å². The summed E-state index contributed by atoms with van der Waals surface area (Å²) >= 11 is 0. The molecule has 10 nitrogen and oxygen atoms in total. The lowest BCUT2D eigenvalue weighted by Gasteiger charge is -2.46. The van der Waals surface area contributed by atoms with Crippen molar-refractivity contribution in [2.75, 3.05) is 14.1 Å². The molecule has 204 valence electrons. The molecule has 0 amide bonds. The SMILES string of the molecule is CC[C@@]1(O)CCc2c(O)c3c(c(O)c2[C@@H]1O[C@H]1C[C@H](N(C)C)[C@H](O)[C@H](C)O1)C(=O)c1cccc(O)c1C3=O. The number of aromatic hydroxyl groups is 3. The topological polar surface area (TPSA) is 157 Å². The number of likely N-dealkylation sites (N-methyl/N-ethyl adjacent to an activating group) is 1. The molecule has 5 N–H and O–H groups in total. The molecule has 10 heteroatoms. The minimum absolute atomic E-state index is 0.0328. The van der Waals surface area contributed by atoms with Gasteiger partial charge in [0.25, 0.3) is 0 Å². The molecule has 1 saturated heterocycles. The van der Waals surface area contributed by atoms with E-state index in [-0.39, 0.29) is 59.5 Å². The minimum atomic E-state index is -1.47. The van der Waals surface area contributed by atoms with Gasteiger partial charge in [-0.15, -0.1) is 0 Å². The van der Waals surface area contributed by atoms with Gasteiger partial charge in [-0.3, -0.25) is 9.59 Å². The van der Waals surface area contributed by atoms with Crippen molar-refractivity contribution in [3.63, 3.8) is 0 Å². The van der Waals surface area contributed by atoms with Gasteiger partial charge in [-0.25, -0.2) is 0 Å². The number of carbonyl (C=O) groups is 2. The van der Waals surface area contributed by atoms with Crippen LogP contribution >= 0.6 is 0 Å². The number of benzene rings is 2. The van der Waals surface area contributed by atoms with Gasteiger partial charge in [0.1, 0.15) is 23.4 Å². The number of ether oxygens (including phenoxy) is 2. The summed E-state index contributed by atoms with van der Waals surface area (Å²) in [5, 5.41) is 55.3. The van der Waals surface area contributed by atoms with Crippen molar-refractivity contribution in [2.45, 2.75) is 75.8 Å². The standard InChI is InChI=1S/C28H33NO9/c1-5-28(36)10-9-14-19(27(28)38-17-11-15(29(3)4)22(31)12(2)37-17)26(35)21-20(24(14)33)25(34)18-13(23(21)32)7-6-8-16(18)30/h6-8,12,15,17,22,27,30-31,33,35-36H,5,9-11H2,1-4H3/t12-,15-,17-,22+,27-,28+/m0/s1. The number of hydrogen-bond donors (Lipinski definition) is 5. The molecule has 0 radical (unpaired) electrons. The Kier molecular flexibility index (Phi) is 6.52. The highest BCUT2D eigenvalue weighted by molar-refractivity contribution is 6.31. The predicted molar refractivity (Wildman–Crippen MR) is 135 cm³/mol. The molecule has 6 atom stereocenters. The predicted octanol–water partition coefficient (Wildman–Crippen LogP) is 2.15. The Morgan fingerprint density at radius 3 is 2.42 bits per heavy atom. The molecule has 1 aliphatic heterocycles. The molecular formula is C28H33NO9. The fourth-order valence-corrected chi connectivity index (χ4v) is 6.08. The van der Waals surface area contributed by atoms with Crippen LogP contribution in [-0.4, -0.2) is 86.2 Å². The van der Waals surface area contributed by atoms with Crippen molar-refractivity contribution >= 4 is 11.6 Å². The number of aliphatic hydroxyl groups excluding tert-OH is 1. The number of ketones is 2. The molecule has 0 aromatic heterocycles. The molecule has 3 aliphatic rings. The Balaban J connectivity index is 1.65. The van der Waals surface area contributed by atoms with Crippen LogP contribution in [0, 0.1) is 0 Å². The third kappa shape index (κ3) is 3.82. The van der Waals surface area contributed by atoms with E-state index in [1.165, 1.54) is 18.2 Å². The van der Waals surface area contributed by atoms with Gasteiger partial charge in [0, 0.05) is 29.2 Å². The van der Waals surface area contributed by atoms with Crippen LogP contribution in [0.15, 0.2) is 18.2 Å². The van der Waals surface area contributed by atoms with Gasteiger partial charge in [0.05, 0.1) is 34.5 Å². The van der Waals surface area contributed by atoms with Gasteiger partial charge in [0.15, 0.2) is 12.1 Å². The smallest absolute Gasteiger partial charge is 0.202 e. The summed E-state index contributed by atoms with van der Waals surface area (Å²) in [4.78, 5) is 28.7. The number of fused-ring (bicyclic) bond motifs is 3. The van der Waals surface area contributed by atoms with E-state index in [0.717, 1.165) is 0 Å². The second-order valence-electron chi connectivity index (χ2n) is 10.7. The van der Waals surface area contributed by atoms with Crippen molar-refractivity contribution in [1.82, 2.24) is 4.90 Å². The molecule has 0 spiro atoms. The van der Waals surface area contributed by atoms with Crippen LogP contribution in [0.5, 0.6) is 17.2 Å². The van der Waals surface area contributed by atoms with Crippen molar-refractivity contribution in [2.24, 2.45) is 0 Å². The summed E-state index contributed by atoms with van der Waals surface area (Å²) < 4.78 is 12.2. The molecule has 2 aromatic rings. The average Bonchev–Trinajstić information content (AvgIpc) is 2.87. The van der Waals surface area contributed by atoms with Crippen molar-refractivity contribution in [3.8, 4) is 17.2 Å². The van der Waals surface area contributed by atoms with E-state index < -0.39 is 64.6 Å². The van der Waals surface area contributed by atoms with E-state index in [1.807, 2.05) is 19.0 Å². The van der Waals surface area contributed by atoms with Crippen molar-refractivity contribution < 1.29 is 44.6 Å². The largest absolute Gasteiger partial charge is 0.507 e. The van der Waals surface area contributed by atoms with Crippen LogP contribution in [0.25, 0.3) is 0 Å². The van der Waals surface area contributed by atoms with Crippen LogP contribution in [0.1, 0.15) is 82.2 Å². The maximum absolute atomic E-state index is 13.5. The van der Waals surface area contributed by atoms with Crippen molar-refractivity contribution in [3.05, 3.63) is 51.6 Å². The third-order valence-corrected chi connectivity index (χ3v) is 8.36. The molecule has 1 heterocycles. The lowest BCUT2D eigenvalue weighted by molar-refractivity contribution is -0.276. The summed E-state index contributed by atoms with van der Waals surface area (Å²) in [5.41, 5.74) is -2.34. The van der Waals surface area contributed by atoms with E-state index in [0.29, 0.717) is 0 Å². The van der Waals surface area contributed by atoms with Crippen LogP contribution < -0.4 is 0 Å². The van der Waals surface area contributed by atoms with Gasteiger partial charge in [-0.05, 0) is 46.3 Å². The van der Waals surface area contributed by atoms with Gasteiger partial charge in [-0.2, -0.15) is 0 Å². The second kappa shape index (κ2) is 9.32. The maximum atomic E-state index is 13.5. The monoisotopic (exact) mass is 527 g/mol. The molecule has 2 aliphatic carbocycles. The average molecular weight is 528 g/mol. The minimum Gasteiger partial charge on any atom is -0.507 e. The molecule has 2 aromatic carbocycles. The Morgan fingerprint density at radius 1 is 1.08 bits per heavy atom. The van der Waals surface area contributed by atoms with Gasteiger partial charge in [0.2, 0.25) is 5.78 Å². The van der Waals surface area contributed by atoms with Gasteiger partial charge >= 0.3 is 0 Å². The van der Waals surface area contributed by atoms with E-state index in [9.17, 15) is 35.1 Å². The molecule has 0 saturated carbocycles. The summed E-state index contributed by atoms with van der Waals surface area (Å²) in [7, 11) is 3.66. The molecule has 38 heavy (non-hydrogen) atoms. The summed E-state index contributed by atoms with van der Waals surface area (Å²) in [6, 6.07) is 3.77. The Bertz CT molecular complexity index is 1320. The summed E-state index contributed by atoms with van der Waals surface area (Å²) in [5.74, 6) is -2.94. The number of carbonyl (C=O) groups excluding carboxylic acids is 2. The number of rotatable bonds is 4. The first-order chi connectivity index (χ1) is 17.9. The maximum Gasteiger partial charge on any atom is 0.202 e. The van der Waals surface area contributed by atoms with Crippen molar-refractivity contribution in [1.29, 1.82) is 0 Å². The van der Waals surface area contributed by atoms with Crippen LogP contribution in [0.3, 0.4) is 0 Å². The van der Waals surface area contributed by atoms with E-state index in [4.69, 9.17) is 9.47 Å². The lowest BCUT2D eigenvalue weighted by atomic mass is 9.71. The highest BCUT2D eigenvalue weighted by Gasteiger charge is 2.50. The Labute approximate surface area is 220 Å². The Morgan fingerprint density at radius 2 is 1.76 bits per heavy atom. The van der Waals surface area contributed by atoms with E-state index >= 15 is 0 Å². The van der Waals surface area contributed by atoms with Crippen LogP contribution in [-0.2, 0) is 15.9 Å². The lowest BCUT2D eigenvalue weighted by Crippen LogP contribution is -2.54. The van der Waals surface area contributed by atoms with Gasteiger partial charge < -0.3 is 39.9 Å². The normalized spacial score (nSPS) is 30.7. The molecule has 0 unspecified atom stereocenters. The number of aliphatic hydroxyl groups is 2. The van der Waals surface area contributed by atoms with E-state index in [2.05, 4.69) is 0 Å². The molecule has 5 rings (SSSR count). The summed E-state index contributed by atoms with van der Waals surface area (Å²) in [6.45, 7) is 3.48. The molecule has 0 bridgehead atoms. The first kappa shape index (κ1) is 26.6. The van der Waals surface area contributed by atoms with Crippen LogP contribution in [0.2, 0.25) is 0 Å². The van der Waals surface area contributed by atoms with E-state index in [1.54, 1.807) is 13.8 Å². The highest BCUT2D eigenvalue weighted by atomic mass is 16.7. The first-order valence-electron chi connectivity index (χ1n) is 12.8. The molecular weight excluding hydrogens is 494 g/mol. The zero-order chi connectivity index (χ0) is 27.7. The summed E-state index contributed by atoms with van der Waals surface area (Å²) in [6.07, 6.45) is -2.64. The number of hydrogen-bond acceptors (Lipinski definition) is 10. The molecule has 1 fully saturated rings. The number of phenolic OH excluding ortho intramolecular Hbond substituents is 3. The fourth-order valence-electron chi connectivity index (χ4n) is 6.08. The number of nitrogens with zero attached hydrogens (tertiary/aromatic N) is 1. The third-order valence-electron chi connectivity index (χ3n) is 8.36. The fraction of sp³-hybridized carbons (Fsp3) is 0.500. The quantitative estimate of drug-likeness (QED) is 0.319. The zero-order valence-corrected chi connectivity index (χ0v) is 21.8. The number of phenols is 3. The highest BCUT2D eigenvalue weighted by Crippen LogP contribution is 2.53. The first-order valence-corrected chi connectivity index (χ1v) is 12.8.